The molecule has 0 aliphatic rings. The molecule has 1 rings (SSSR count). The molecule has 0 bridgehead atoms. The summed E-state index contributed by atoms with van der Waals surface area (Å²) in [6, 6.07) is 2.12. The molecule has 0 unspecified atom stereocenters. The van der Waals surface area contributed by atoms with Gasteiger partial charge in [-0.25, -0.2) is 0 Å². The number of nitrogens with one attached hydrogen (secondary N) is 1. The van der Waals surface area contributed by atoms with Crippen LogP contribution in [-0.4, -0.2) is 21.7 Å². The van der Waals surface area contributed by atoms with Gasteiger partial charge in [-0.3, -0.25) is 9.48 Å². The van der Waals surface area contributed by atoms with Crippen molar-refractivity contribution in [3.8, 4) is 0 Å². The first-order chi connectivity index (χ1) is 6.72. The number of carbonyl (C=O) groups excluding carboxylic acids is 1. The largest absolute Gasteiger partial charge is 0.354 e. The number of amides is 1. The number of aryl methyl sites for hydroxylation is 1. The van der Waals surface area contributed by atoms with E-state index in [-0.39, 0.29) is 11.9 Å². The average molecular weight is 195 g/mol. The minimum absolute atomic E-state index is 0.0925. The fraction of sp³-hybridized carbons (Fsp3) is 0.600. The van der Waals surface area contributed by atoms with Gasteiger partial charge < -0.3 is 5.32 Å². The van der Waals surface area contributed by atoms with E-state index < -0.39 is 0 Å². The second kappa shape index (κ2) is 5.42. The van der Waals surface area contributed by atoms with Gasteiger partial charge in [0.1, 0.15) is 0 Å². The second-order valence-electron chi connectivity index (χ2n) is 3.40. The summed E-state index contributed by atoms with van der Waals surface area (Å²) in [5, 5.41) is 6.94. The maximum atomic E-state index is 11.4. The van der Waals surface area contributed by atoms with Crippen LogP contribution in [0.25, 0.3) is 0 Å². The number of carbonyl (C=O) groups is 1. The van der Waals surface area contributed by atoms with Gasteiger partial charge in [0.15, 0.2) is 0 Å². The van der Waals surface area contributed by atoms with Crippen molar-refractivity contribution < 1.29 is 4.79 Å². The first-order valence-electron chi connectivity index (χ1n) is 4.99. The van der Waals surface area contributed by atoms with Gasteiger partial charge in [-0.1, -0.05) is 6.92 Å². The molecule has 1 amide bonds. The first-order valence-corrected chi connectivity index (χ1v) is 4.99. The molecule has 0 aliphatic heterocycles. The average Bonchev–Trinajstić information content (AvgIpc) is 2.67. The second-order valence-corrected chi connectivity index (χ2v) is 3.40. The van der Waals surface area contributed by atoms with Crippen LogP contribution < -0.4 is 5.32 Å². The summed E-state index contributed by atoms with van der Waals surface area (Å²) in [4.78, 5) is 11.4. The molecule has 78 valence electrons. The van der Waals surface area contributed by atoms with Gasteiger partial charge >= 0.3 is 0 Å². The number of rotatable bonds is 5. The molecule has 0 spiro atoms. The van der Waals surface area contributed by atoms with Gasteiger partial charge in [-0.2, -0.15) is 5.10 Å². The molecule has 0 saturated carbocycles. The van der Waals surface area contributed by atoms with Crippen LogP contribution in [0.1, 0.15) is 26.7 Å². The Labute approximate surface area is 84.3 Å². The van der Waals surface area contributed by atoms with Crippen LogP contribution in [0.5, 0.6) is 0 Å². The molecule has 0 radical (unpaired) electrons. The van der Waals surface area contributed by atoms with E-state index in [2.05, 4.69) is 17.3 Å². The van der Waals surface area contributed by atoms with Crippen molar-refractivity contribution in [2.45, 2.75) is 39.3 Å². The van der Waals surface area contributed by atoms with Crippen LogP contribution in [0.3, 0.4) is 0 Å². The van der Waals surface area contributed by atoms with Gasteiger partial charge in [0, 0.05) is 31.4 Å². The van der Waals surface area contributed by atoms with Crippen LogP contribution in [0.15, 0.2) is 18.5 Å². The van der Waals surface area contributed by atoms with Crippen molar-refractivity contribution >= 4 is 5.91 Å². The van der Waals surface area contributed by atoms with Crippen LogP contribution in [0, 0.1) is 0 Å². The number of hydrogen-bond acceptors (Lipinski definition) is 2. The Morgan fingerprint density at radius 1 is 1.64 bits per heavy atom. The highest BCUT2D eigenvalue weighted by Gasteiger charge is 2.04. The van der Waals surface area contributed by atoms with Gasteiger partial charge in [0.2, 0.25) is 5.91 Å². The summed E-state index contributed by atoms with van der Waals surface area (Å²) in [5.41, 5.74) is 0. The lowest BCUT2D eigenvalue weighted by molar-refractivity contribution is -0.121. The molecular formula is C10H17N3O. The van der Waals surface area contributed by atoms with Crippen molar-refractivity contribution in [1.82, 2.24) is 15.1 Å². The topological polar surface area (TPSA) is 46.9 Å². The minimum Gasteiger partial charge on any atom is -0.354 e. The van der Waals surface area contributed by atoms with Gasteiger partial charge in [0.25, 0.3) is 0 Å². The fourth-order valence-corrected chi connectivity index (χ4v) is 1.10. The van der Waals surface area contributed by atoms with E-state index in [1.54, 1.807) is 10.9 Å². The Balaban J connectivity index is 2.22. The van der Waals surface area contributed by atoms with Crippen LogP contribution in [0.2, 0.25) is 0 Å². The fourth-order valence-electron chi connectivity index (χ4n) is 1.10. The molecule has 14 heavy (non-hydrogen) atoms. The lowest BCUT2D eigenvalue weighted by atomic mass is 10.2. The van der Waals surface area contributed by atoms with Gasteiger partial charge in [0.05, 0.1) is 0 Å². The molecule has 0 aliphatic carbocycles. The SMILES string of the molecule is CC[C@@H](C)NC(=O)CCn1cccn1. The quantitative estimate of drug-likeness (QED) is 0.767. The predicted molar refractivity (Wildman–Crippen MR) is 54.7 cm³/mol. The Bertz CT molecular complexity index is 269. The molecule has 1 heterocycles. The summed E-state index contributed by atoms with van der Waals surface area (Å²) in [6.07, 6.45) is 5.03. The van der Waals surface area contributed by atoms with Crippen molar-refractivity contribution in [2.24, 2.45) is 0 Å². The zero-order chi connectivity index (χ0) is 10.4. The van der Waals surface area contributed by atoms with Gasteiger partial charge in [-0.15, -0.1) is 0 Å². The maximum absolute atomic E-state index is 11.4. The zero-order valence-corrected chi connectivity index (χ0v) is 8.73. The van der Waals surface area contributed by atoms with E-state index in [9.17, 15) is 4.79 Å². The molecule has 1 aromatic heterocycles. The Kier molecular flexibility index (Phi) is 4.16. The van der Waals surface area contributed by atoms with E-state index in [0.717, 1.165) is 6.42 Å². The third kappa shape index (κ3) is 3.60. The summed E-state index contributed by atoms with van der Waals surface area (Å²) in [5.74, 6) is 0.0925. The van der Waals surface area contributed by atoms with Crippen molar-refractivity contribution in [3.63, 3.8) is 0 Å². The van der Waals surface area contributed by atoms with Crippen molar-refractivity contribution in [3.05, 3.63) is 18.5 Å². The predicted octanol–water partition coefficient (Wildman–Crippen LogP) is 1.19. The highest BCUT2D eigenvalue weighted by molar-refractivity contribution is 5.76. The molecule has 4 nitrogen and oxygen atoms in total. The Morgan fingerprint density at radius 2 is 2.43 bits per heavy atom. The number of nitrogens with zero attached hydrogens (tertiary/aromatic N) is 2. The number of aromatic nitrogens is 2. The lowest BCUT2D eigenvalue weighted by Crippen LogP contribution is -2.32. The third-order valence-electron chi connectivity index (χ3n) is 2.15. The van der Waals surface area contributed by atoms with Crippen LogP contribution in [-0.2, 0) is 11.3 Å². The van der Waals surface area contributed by atoms with Crippen molar-refractivity contribution in [1.29, 1.82) is 0 Å². The Morgan fingerprint density at radius 3 is 3.00 bits per heavy atom. The first kappa shape index (κ1) is 10.8. The van der Waals surface area contributed by atoms with Crippen LogP contribution in [0.4, 0.5) is 0 Å². The summed E-state index contributed by atoms with van der Waals surface area (Å²) in [7, 11) is 0. The number of hydrogen-bond donors (Lipinski definition) is 1. The van der Waals surface area contributed by atoms with E-state index in [4.69, 9.17) is 0 Å². The summed E-state index contributed by atoms with van der Waals surface area (Å²) >= 11 is 0. The highest BCUT2D eigenvalue weighted by Crippen LogP contribution is 1.92. The molecule has 1 atom stereocenters. The van der Waals surface area contributed by atoms with Crippen LogP contribution >= 0.6 is 0 Å². The molecule has 0 fully saturated rings. The standard InChI is InChI=1S/C10H17N3O/c1-3-9(2)12-10(14)5-8-13-7-4-6-11-13/h4,6-7,9H,3,5,8H2,1-2H3,(H,12,14)/t9-/m1/s1. The Hall–Kier alpha value is -1.32. The van der Waals surface area contributed by atoms with E-state index >= 15 is 0 Å². The summed E-state index contributed by atoms with van der Waals surface area (Å²) in [6.45, 7) is 4.71. The smallest absolute Gasteiger partial charge is 0.222 e. The normalized spacial score (nSPS) is 12.4. The maximum Gasteiger partial charge on any atom is 0.222 e. The zero-order valence-electron chi connectivity index (χ0n) is 8.73. The minimum atomic E-state index is 0.0925. The van der Waals surface area contributed by atoms with E-state index in [0.29, 0.717) is 13.0 Å². The van der Waals surface area contributed by atoms with E-state index in [1.165, 1.54) is 0 Å². The third-order valence-corrected chi connectivity index (χ3v) is 2.15. The lowest BCUT2D eigenvalue weighted by Gasteiger charge is -2.10. The monoisotopic (exact) mass is 195 g/mol. The molecule has 0 saturated heterocycles. The summed E-state index contributed by atoms with van der Waals surface area (Å²) < 4.78 is 1.76. The molecule has 0 aromatic carbocycles. The van der Waals surface area contributed by atoms with E-state index in [1.807, 2.05) is 19.2 Å². The molecule has 1 aromatic rings. The molecule has 4 heteroatoms. The van der Waals surface area contributed by atoms with Gasteiger partial charge in [-0.05, 0) is 19.4 Å². The highest BCUT2D eigenvalue weighted by atomic mass is 16.1. The molecular weight excluding hydrogens is 178 g/mol. The van der Waals surface area contributed by atoms with Crippen molar-refractivity contribution in [2.75, 3.05) is 0 Å². The molecule has 1 N–H and O–H groups in total.